The number of carbonyl (C=O) groups is 1. The van der Waals surface area contributed by atoms with Gasteiger partial charge in [0, 0.05) is 13.0 Å². The van der Waals surface area contributed by atoms with Gasteiger partial charge in [0.25, 0.3) is 0 Å². The lowest BCUT2D eigenvalue weighted by Gasteiger charge is -2.08. The fraction of sp³-hybridized carbons (Fsp3) is 0.500. The summed E-state index contributed by atoms with van der Waals surface area (Å²) in [6.07, 6.45) is 2.99. The Morgan fingerprint density at radius 2 is 1.94 bits per heavy atom. The third-order valence-corrected chi connectivity index (χ3v) is 2.81. The van der Waals surface area contributed by atoms with E-state index in [2.05, 4.69) is 36.5 Å². The molecule has 3 heteroatoms. The molecule has 0 amide bonds. The SMILES string of the molecule is CCc1ccccc1CNCCCCC(=O)O. The monoisotopic (exact) mass is 235 g/mol. The molecule has 0 unspecified atom stereocenters. The van der Waals surface area contributed by atoms with Crippen molar-refractivity contribution in [1.82, 2.24) is 5.32 Å². The second kappa shape index (κ2) is 7.85. The number of unbranched alkanes of at least 4 members (excludes halogenated alkanes) is 1. The molecule has 0 atom stereocenters. The molecule has 2 N–H and O–H groups in total. The van der Waals surface area contributed by atoms with Crippen molar-refractivity contribution < 1.29 is 9.90 Å². The molecule has 1 rings (SSSR count). The number of benzene rings is 1. The second-order valence-electron chi connectivity index (χ2n) is 4.15. The van der Waals surface area contributed by atoms with Crippen molar-refractivity contribution in [2.24, 2.45) is 0 Å². The van der Waals surface area contributed by atoms with Gasteiger partial charge >= 0.3 is 5.97 Å². The summed E-state index contributed by atoms with van der Waals surface area (Å²) in [5.74, 6) is -0.707. The van der Waals surface area contributed by atoms with Gasteiger partial charge in [-0.3, -0.25) is 4.79 Å². The van der Waals surface area contributed by atoms with Gasteiger partial charge in [0.05, 0.1) is 0 Å². The fourth-order valence-electron chi connectivity index (χ4n) is 1.82. The zero-order valence-corrected chi connectivity index (χ0v) is 10.4. The van der Waals surface area contributed by atoms with Crippen LogP contribution in [0.5, 0.6) is 0 Å². The Bertz CT molecular complexity index is 350. The number of hydrogen-bond acceptors (Lipinski definition) is 2. The van der Waals surface area contributed by atoms with Crippen LogP contribution in [0.3, 0.4) is 0 Å². The largest absolute Gasteiger partial charge is 0.481 e. The maximum Gasteiger partial charge on any atom is 0.303 e. The van der Waals surface area contributed by atoms with E-state index in [1.807, 2.05) is 0 Å². The first-order valence-electron chi connectivity index (χ1n) is 6.23. The van der Waals surface area contributed by atoms with Gasteiger partial charge in [-0.25, -0.2) is 0 Å². The van der Waals surface area contributed by atoms with Crippen LogP contribution in [0.4, 0.5) is 0 Å². The summed E-state index contributed by atoms with van der Waals surface area (Å²) in [6, 6.07) is 8.42. The van der Waals surface area contributed by atoms with Gasteiger partial charge in [-0.1, -0.05) is 31.2 Å². The summed E-state index contributed by atoms with van der Waals surface area (Å²) < 4.78 is 0. The minimum Gasteiger partial charge on any atom is -0.481 e. The molecule has 0 saturated carbocycles. The molecule has 0 aliphatic heterocycles. The van der Waals surface area contributed by atoms with Gasteiger partial charge in [-0.05, 0) is 36.9 Å². The Hall–Kier alpha value is -1.35. The van der Waals surface area contributed by atoms with Crippen LogP contribution in [0, 0.1) is 0 Å². The van der Waals surface area contributed by atoms with Crippen LogP contribution >= 0.6 is 0 Å². The summed E-state index contributed by atoms with van der Waals surface area (Å²) in [7, 11) is 0. The zero-order chi connectivity index (χ0) is 12.5. The molecular weight excluding hydrogens is 214 g/mol. The standard InChI is InChI=1S/C14H21NO2/c1-2-12-7-3-4-8-13(12)11-15-10-6-5-9-14(16)17/h3-4,7-8,15H,2,5-6,9-11H2,1H3,(H,16,17). The van der Waals surface area contributed by atoms with E-state index >= 15 is 0 Å². The van der Waals surface area contributed by atoms with Crippen molar-refractivity contribution in [3.05, 3.63) is 35.4 Å². The van der Waals surface area contributed by atoms with E-state index in [0.29, 0.717) is 0 Å². The first kappa shape index (κ1) is 13.7. The van der Waals surface area contributed by atoms with Crippen LogP contribution in [-0.2, 0) is 17.8 Å². The van der Waals surface area contributed by atoms with Gasteiger partial charge in [-0.15, -0.1) is 0 Å². The quantitative estimate of drug-likeness (QED) is 0.681. The normalized spacial score (nSPS) is 10.4. The first-order chi connectivity index (χ1) is 8.24. The molecule has 0 radical (unpaired) electrons. The number of hydrogen-bond donors (Lipinski definition) is 2. The van der Waals surface area contributed by atoms with Crippen molar-refractivity contribution in [2.45, 2.75) is 39.2 Å². The Labute approximate surface area is 103 Å². The summed E-state index contributed by atoms with van der Waals surface area (Å²) in [4.78, 5) is 10.3. The van der Waals surface area contributed by atoms with Gasteiger partial charge < -0.3 is 10.4 Å². The van der Waals surface area contributed by atoms with E-state index in [1.165, 1.54) is 11.1 Å². The van der Waals surface area contributed by atoms with Crippen LogP contribution in [0.1, 0.15) is 37.3 Å². The Balaban J connectivity index is 2.19. The summed E-state index contributed by atoms with van der Waals surface area (Å²) in [5, 5.41) is 11.9. The molecule has 0 heterocycles. The van der Waals surface area contributed by atoms with Crippen LogP contribution < -0.4 is 5.32 Å². The predicted octanol–water partition coefficient (Wildman–Crippen LogP) is 2.59. The van der Waals surface area contributed by atoms with E-state index in [4.69, 9.17) is 5.11 Å². The van der Waals surface area contributed by atoms with Crippen molar-refractivity contribution in [1.29, 1.82) is 0 Å². The molecule has 0 aromatic heterocycles. The average molecular weight is 235 g/mol. The number of nitrogens with one attached hydrogen (secondary N) is 1. The highest BCUT2D eigenvalue weighted by Gasteiger charge is 1.99. The topological polar surface area (TPSA) is 49.3 Å². The maximum absolute atomic E-state index is 10.3. The van der Waals surface area contributed by atoms with Crippen molar-refractivity contribution in [3.63, 3.8) is 0 Å². The highest BCUT2D eigenvalue weighted by atomic mass is 16.4. The molecular formula is C14H21NO2. The van der Waals surface area contributed by atoms with Crippen molar-refractivity contribution in [3.8, 4) is 0 Å². The summed E-state index contributed by atoms with van der Waals surface area (Å²) in [6.45, 7) is 3.91. The van der Waals surface area contributed by atoms with Gasteiger partial charge in [0.2, 0.25) is 0 Å². The lowest BCUT2D eigenvalue weighted by molar-refractivity contribution is -0.137. The minimum absolute atomic E-state index is 0.271. The minimum atomic E-state index is -0.707. The molecule has 0 aliphatic rings. The van der Waals surface area contributed by atoms with E-state index in [-0.39, 0.29) is 6.42 Å². The molecule has 94 valence electrons. The van der Waals surface area contributed by atoms with Crippen molar-refractivity contribution in [2.75, 3.05) is 6.54 Å². The summed E-state index contributed by atoms with van der Waals surface area (Å²) in [5.41, 5.74) is 2.72. The Morgan fingerprint density at radius 3 is 2.59 bits per heavy atom. The molecule has 0 fully saturated rings. The van der Waals surface area contributed by atoms with Crippen LogP contribution in [0.25, 0.3) is 0 Å². The zero-order valence-electron chi connectivity index (χ0n) is 10.4. The molecule has 0 spiro atoms. The lowest BCUT2D eigenvalue weighted by Crippen LogP contribution is -2.16. The van der Waals surface area contributed by atoms with Crippen LogP contribution in [-0.4, -0.2) is 17.6 Å². The highest BCUT2D eigenvalue weighted by Crippen LogP contribution is 2.08. The fourth-order valence-corrected chi connectivity index (χ4v) is 1.82. The summed E-state index contributed by atoms with van der Waals surface area (Å²) >= 11 is 0. The van der Waals surface area contributed by atoms with E-state index in [9.17, 15) is 4.79 Å². The molecule has 0 bridgehead atoms. The van der Waals surface area contributed by atoms with Gasteiger partial charge in [-0.2, -0.15) is 0 Å². The van der Waals surface area contributed by atoms with E-state index in [0.717, 1.165) is 32.4 Å². The van der Waals surface area contributed by atoms with Gasteiger partial charge in [0.1, 0.15) is 0 Å². The Morgan fingerprint density at radius 1 is 1.24 bits per heavy atom. The number of carboxylic acids is 1. The third kappa shape index (κ3) is 5.50. The maximum atomic E-state index is 10.3. The second-order valence-corrected chi connectivity index (χ2v) is 4.15. The molecule has 1 aromatic rings. The number of aryl methyl sites for hydroxylation is 1. The van der Waals surface area contributed by atoms with E-state index < -0.39 is 5.97 Å². The smallest absolute Gasteiger partial charge is 0.303 e. The van der Waals surface area contributed by atoms with Crippen LogP contribution in [0.2, 0.25) is 0 Å². The lowest BCUT2D eigenvalue weighted by atomic mass is 10.1. The molecule has 3 nitrogen and oxygen atoms in total. The van der Waals surface area contributed by atoms with Crippen LogP contribution in [0.15, 0.2) is 24.3 Å². The molecule has 0 aliphatic carbocycles. The molecule has 1 aromatic carbocycles. The number of rotatable bonds is 8. The number of carboxylic acid groups (broad SMARTS) is 1. The van der Waals surface area contributed by atoms with E-state index in [1.54, 1.807) is 0 Å². The van der Waals surface area contributed by atoms with Gasteiger partial charge in [0.15, 0.2) is 0 Å². The first-order valence-corrected chi connectivity index (χ1v) is 6.23. The molecule has 17 heavy (non-hydrogen) atoms. The number of aliphatic carboxylic acids is 1. The molecule has 0 saturated heterocycles. The van der Waals surface area contributed by atoms with Crippen molar-refractivity contribution >= 4 is 5.97 Å². The average Bonchev–Trinajstić information content (AvgIpc) is 2.33. The third-order valence-electron chi connectivity index (χ3n) is 2.81. The Kier molecular flexibility index (Phi) is 6.33. The predicted molar refractivity (Wildman–Crippen MR) is 69.0 cm³/mol. The highest BCUT2D eigenvalue weighted by molar-refractivity contribution is 5.66.